The van der Waals surface area contributed by atoms with Crippen molar-refractivity contribution < 1.29 is 19.0 Å². The summed E-state index contributed by atoms with van der Waals surface area (Å²) in [5.74, 6) is 2.39. The summed E-state index contributed by atoms with van der Waals surface area (Å²) in [6.07, 6.45) is 6.77. The van der Waals surface area contributed by atoms with Gasteiger partial charge in [-0.1, -0.05) is 13.0 Å². The maximum Gasteiger partial charge on any atom is 0.415 e. The minimum Gasteiger partial charge on any atom is -0.475 e. The molecule has 3 aromatic rings. The van der Waals surface area contributed by atoms with Crippen LogP contribution in [0.25, 0.3) is 0 Å². The number of hydrogen-bond donors (Lipinski definition) is 2. The second-order valence-corrected chi connectivity index (χ2v) is 12.6. The Hall–Kier alpha value is -4.03. The van der Waals surface area contributed by atoms with Gasteiger partial charge in [0.2, 0.25) is 11.8 Å². The molecule has 2 fully saturated rings. The second kappa shape index (κ2) is 12.9. The van der Waals surface area contributed by atoms with Crippen LogP contribution in [0.15, 0.2) is 48.9 Å². The molecular weight excluding hydrogens is 560 g/mol. The lowest BCUT2D eigenvalue weighted by molar-refractivity contribution is -0.0935. The lowest BCUT2D eigenvalue weighted by Gasteiger charge is -2.51. The number of likely N-dealkylation sites (N-methyl/N-ethyl adjacent to an activating group) is 1. The molecule has 12 nitrogen and oxygen atoms in total. The van der Waals surface area contributed by atoms with Gasteiger partial charge >= 0.3 is 6.09 Å². The number of hydrogen-bond acceptors (Lipinski definition) is 11. The van der Waals surface area contributed by atoms with E-state index >= 15 is 0 Å². The van der Waals surface area contributed by atoms with E-state index in [0.717, 1.165) is 36.5 Å². The first-order valence-corrected chi connectivity index (χ1v) is 15.2. The summed E-state index contributed by atoms with van der Waals surface area (Å²) in [5.41, 5.74) is 0.951. The molecule has 0 bridgehead atoms. The fourth-order valence-corrected chi connectivity index (χ4v) is 5.72. The third-order valence-corrected chi connectivity index (χ3v) is 8.49. The van der Waals surface area contributed by atoms with Crippen molar-refractivity contribution >= 4 is 29.4 Å². The van der Waals surface area contributed by atoms with Gasteiger partial charge in [-0.15, -0.1) is 0 Å². The van der Waals surface area contributed by atoms with Gasteiger partial charge in [-0.2, -0.15) is 0 Å². The fourth-order valence-electron chi connectivity index (χ4n) is 5.72. The molecule has 2 aliphatic heterocycles. The van der Waals surface area contributed by atoms with E-state index in [9.17, 15) is 4.79 Å². The molecule has 4 atom stereocenters. The van der Waals surface area contributed by atoms with Crippen LogP contribution >= 0.6 is 0 Å². The molecule has 0 aromatic carbocycles. The van der Waals surface area contributed by atoms with Gasteiger partial charge in [0.25, 0.3) is 0 Å². The summed E-state index contributed by atoms with van der Waals surface area (Å²) in [5, 5.41) is 6.36. The zero-order valence-electron chi connectivity index (χ0n) is 26.7. The molecule has 3 aromatic heterocycles. The van der Waals surface area contributed by atoms with Crippen molar-refractivity contribution in [3.63, 3.8) is 0 Å². The van der Waals surface area contributed by atoms with E-state index in [1.165, 1.54) is 0 Å². The van der Waals surface area contributed by atoms with E-state index in [0.29, 0.717) is 30.9 Å². The Labute approximate surface area is 259 Å². The van der Waals surface area contributed by atoms with Gasteiger partial charge < -0.3 is 29.7 Å². The molecule has 12 heteroatoms. The average molecular weight is 605 g/mol. The van der Waals surface area contributed by atoms with E-state index in [1.54, 1.807) is 11.1 Å². The van der Waals surface area contributed by atoms with Crippen molar-refractivity contribution in [3.8, 4) is 5.88 Å². The van der Waals surface area contributed by atoms with Crippen LogP contribution in [0, 0.1) is 0 Å². The molecule has 2 saturated heterocycles. The third-order valence-electron chi connectivity index (χ3n) is 8.49. The van der Waals surface area contributed by atoms with Crippen molar-refractivity contribution in [3.05, 3.63) is 54.5 Å². The maximum atomic E-state index is 12.4. The van der Waals surface area contributed by atoms with Gasteiger partial charge in [-0.05, 0) is 77.9 Å². The number of carbonyl (C=O) groups is 1. The van der Waals surface area contributed by atoms with Crippen molar-refractivity contribution in [2.24, 2.45) is 0 Å². The fraction of sp³-hybridized carbons (Fsp3) is 0.531. The summed E-state index contributed by atoms with van der Waals surface area (Å²) >= 11 is 0. The van der Waals surface area contributed by atoms with Crippen LogP contribution in [0.1, 0.15) is 53.0 Å². The number of rotatable bonds is 11. The van der Waals surface area contributed by atoms with Gasteiger partial charge in [-0.3, -0.25) is 4.90 Å². The number of aromatic nitrogens is 4. The largest absolute Gasteiger partial charge is 0.475 e. The summed E-state index contributed by atoms with van der Waals surface area (Å²) in [4.78, 5) is 34.8. The molecule has 5 rings (SSSR count). The molecule has 0 aliphatic carbocycles. The van der Waals surface area contributed by atoms with Crippen LogP contribution in [-0.4, -0.2) is 83.7 Å². The molecule has 0 unspecified atom stereocenters. The van der Waals surface area contributed by atoms with E-state index in [1.807, 2.05) is 70.7 Å². The van der Waals surface area contributed by atoms with Crippen molar-refractivity contribution in [1.29, 1.82) is 0 Å². The molecule has 0 radical (unpaired) electrons. The van der Waals surface area contributed by atoms with E-state index in [-0.39, 0.29) is 29.9 Å². The number of cyclic esters (lactones) is 1. The molecule has 5 heterocycles. The summed E-state index contributed by atoms with van der Waals surface area (Å²) < 4.78 is 17.5. The highest BCUT2D eigenvalue weighted by Gasteiger charge is 2.48. The van der Waals surface area contributed by atoms with Gasteiger partial charge in [0.1, 0.15) is 18.2 Å². The topological polar surface area (TPSA) is 127 Å². The molecule has 0 saturated carbocycles. The first-order valence-electron chi connectivity index (χ1n) is 15.2. The number of amides is 1. The first kappa shape index (κ1) is 31.4. The number of ether oxygens (including phenoxy) is 3. The monoisotopic (exact) mass is 604 g/mol. The smallest absolute Gasteiger partial charge is 0.415 e. The Bertz CT molecular complexity index is 1420. The van der Waals surface area contributed by atoms with E-state index < -0.39 is 5.41 Å². The number of nitrogens with one attached hydrogen (secondary N) is 2. The van der Waals surface area contributed by atoms with Crippen LogP contribution in [-0.2, 0) is 14.9 Å². The minimum atomic E-state index is -0.440. The molecular formula is C32H44N8O4. The molecule has 1 amide bonds. The number of carbonyl (C=O) groups excluding carboxylic acids is 1. The van der Waals surface area contributed by atoms with Gasteiger partial charge in [-0.25, -0.2) is 24.7 Å². The minimum absolute atomic E-state index is 0.00612. The predicted octanol–water partition coefficient (Wildman–Crippen LogP) is 4.69. The summed E-state index contributed by atoms with van der Waals surface area (Å²) in [6, 6.07) is 9.40. The predicted molar refractivity (Wildman–Crippen MR) is 170 cm³/mol. The standard InChI is InChI=1S/C32H44N8O4/c1-21-19-42-30(41)40(21)27-10-8-9-26(38-27)39(7)25-15-31(3,4)43-20-32(25,5)23-16-35-29(36-17-23)37-24-11-12-28(34-18-24)44-22(2)13-14-33-6/h8-12,16-18,21-22,25,33H,13-15,19-20H2,1-7H3,(H,35,36,37)/t21-,22+,25-,32-/m0/s1. The molecule has 2 N–H and O–H groups in total. The highest BCUT2D eigenvalue weighted by Crippen LogP contribution is 2.42. The number of anilines is 4. The molecule has 0 spiro atoms. The average Bonchev–Trinajstić information content (AvgIpc) is 3.35. The third kappa shape index (κ3) is 6.86. The van der Waals surface area contributed by atoms with Crippen molar-refractivity contribution in [2.75, 3.05) is 49.0 Å². The number of pyridine rings is 2. The van der Waals surface area contributed by atoms with Crippen LogP contribution in [0.2, 0.25) is 0 Å². The maximum absolute atomic E-state index is 12.4. The van der Waals surface area contributed by atoms with Gasteiger partial charge in [0.05, 0.1) is 36.2 Å². The Morgan fingerprint density at radius 3 is 2.57 bits per heavy atom. The quantitative estimate of drug-likeness (QED) is 0.316. The van der Waals surface area contributed by atoms with Gasteiger partial charge in [0.15, 0.2) is 0 Å². The zero-order chi connectivity index (χ0) is 31.5. The van der Waals surface area contributed by atoms with E-state index in [2.05, 4.69) is 51.3 Å². The normalized spacial score (nSPS) is 23.6. The van der Waals surface area contributed by atoms with Gasteiger partial charge in [0, 0.05) is 37.0 Å². The van der Waals surface area contributed by atoms with Crippen LogP contribution in [0.3, 0.4) is 0 Å². The van der Waals surface area contributed by atoms with Crippen LogP contribution < -0.4 is 25.2 Å². The Morgan fingerprint density at radius 1 is 1.14 bits per heavy atom. The zero-order valence-corrected chi connectivity index (χ0v) is 26.7. The Morgan fingerprint density at radius 2 is 1.91 bits per heavy atom. The summed E-state index contributed by atoms with van der Waals surface area (Å²) in [6.45, 7) is 12.1. The van der Waals surface area contributed by atoms with Crippen molar-refractivity contribution in [2.45, 2.75) is 76.7 Å². The number of nitrogens with zero attached hydrogens (tertiary/aromatic N) is 6. The van der Waals surface area contributed by atoms with Crippen LogP contribution in [0.5, 0.6) is 5.88 Å². The molecule has 2 aliphatic rings. The van der Waals surface area contributed by atoms with Crippen molar-refractivity contribution in [1.82, 2.24) is 25.3 Å². The van der Waals surface area contributed by atoms with Crippen LogP contribution in [0.4, 0.5) is 28.1 Å². The highest BCUT2D eigenvalue weighted by molar-refractivity contribution is 5.89. The lowest BCUT2D eigenvalue weighted by Crippen LogP contribution is -2.58. The molecule has 44 heavy (non-hydrogen) atoms. The Balaban J connectivity index is 1.32. The lowest BCUT2D eigenvalue weighted by atomic mass is 9.71. The highest BCUT2D eigenvalue weighted by atomic mass is 16.6. The second-order valence-electron chi connectivity index (χ2n) is 12.6. The Kier molecular flexibility index (Phi) is 9.21. The molecule has 236 valence electrons. The van der Waals surface area contributed by atoms with E-state index in [4.69, 9.17) is 19.2 Å². The summed E-state index contributed by atoms with van der Waals surface area (Å²) in [7, 11) is 3.97. The SMILES string of the molecule is CNCC[C@@H](C)Oc1ccc(Nc2ncc([C@]3(C)COC(C)(C)C[C@@H]3N(C)c3cccc(N4C(=O)OC[C@@H]4C)n3)cn2)cn1. The first-order chi connectivity index (χ1) is 21.0.